The number of hydrogen-bond donors (Lipinski definition) is 2. The molecule has 0 aliphatic rings. The summed E-state index contributed by atoms with van der Waals surface area (Å²) >= 11 is 0. The quantitative estimate of drug-likeness (QED) is 0.614. The molecule has 0 rings (SSSR count). The SMILES string of the molecule is COC(=O)C(CCC(N)=O)NC(=O)CC(C)C. The Kier molecular flexibility index (Phi) is 6.93. The number of nitrogens with one attached hydrogen (secondary N) is 1. The third kappa shape index (κ3) is 7.32. The first kappa shape index (κ1) is 15.4. The highest BCUT2D eigenvalue weighted by molar-refractivity contribution is 5.85. The van der Waals surface area contributed by atoms with Gasteiger partial charge in [0.1, 0.15) is 6.04 Å². The van der Waals surface area contributed by atoms with Gasteiger partial charge in [0.25, 0.3) is 0 Å². The van der Waals surface area contributed by atoms with Crippen LogP contribution in [0, 0.1) is 5.92 Å². The average Bonchev–Trinajstić information content (AvgIpc) is 2.21. The predicted octanol–water partition coefficient (Wildman–Crippen LogP) is -0.0442. The minimum Gasteiger partial charge on any atom is -0.467 e. The van der Waals surface area contributed by atoms with Gasteiger partial charge in [0.15, 0.2) is 0 Å². The molecule has 0 fully saturated rings. The number of hydrogen-bond acceptors (Lipinski definition) is 4. The van der Waals surface area contributed by atoms with Gasteiger partial charge in [-0.2, -0.15) is 0 Å². The average molecular weight is 244 g/mol. The summed E-state index contributed by atoms with van der Waals surface area (Å²) in [5.41, 5.74) is 4.99. The first-order chi connectivity index (χ1) is 7.86. The van der Waals surface area contributed by atoms with E-state index in [1.165, 1.54) is 7.11 Å². The molecular weight excluding hydrogens is 224 g/mol. The van der Waals surface area contributed by atoms with Gasteiger partial charge in [-0.05, 0) is 12.3 Å². The summed E-state index contributed by atoms with van der Waals surface area (Å²) in [6.07, 6.45) is 0.512. The van der Waals surface area contributed by atoms with Crippen LogP contribution < -0.4 is 11.1 Å². The molecule has 0 spiro atoms. The summed E-state index contributed by atoms with van der Waals surface area (Å²) in [6.45, 7) is 3.80. The number of carbonyl (C=O) groups excluding carboxylic acids is 3. The molecule has 0 saturated carbocycles. The van der Waals surface area contributed by atoms with Gasteiger partial charge in [0.2, 0.25) is 11.8 Å². The highest BCUT2D eigenvalue weighted by Gasteiger charge is 2.22. The van der Waals surface area contributed by atoms with Crippen molar-refractivity contribution in [1.29, 1.82) is 0 Å². The zero-order valence-electron chi connectivity index (χ0n) is 10.5. The Morgan fingerprint density at radius 3 is 2.29 bits per heavy atom. The Morgan fingerprint density at radius 1 is 1.29 bits per heavy atom. The number of primary amides is 1. The van der Waals surface area contributed by atoms with Crippen molar-refractivity contribution in [2.75, 3.05) is 7.11 Å². The molecule has 1 unspecified atom stereocenters. The van der Waals surface area contributed by atoms with E-state index in [1.807, 2.05) is 13.8 Å². The second kappa shape index (κ2) is 7.65. The maximum Gasteiger partial charge on any atom is 0.328 e. The topological polar surface area (TPSA) is 98.5 Å². The summed E-state index contributed by atoms with van der Waals surface area (Å²) in [6, 6.07) is -0.807. The highest BCUT2D eigenvalue weighted by Crippen LogP contribution is 2.03. The smallest absolute Gasteiger partial charge is 0.328 e. The summed E-state index contributed by atoms with van der Waals surface area (Å²) in [5.74, 6) is -1.12. The fourth-order valence-electron chi connectivity index (χ4n) is 1.30. The van der Waals surface area contributed by atoms with Crippen LogP contribution >= 0.6 is 0 Å². The van der Waals surface area contributed by atoms with E-state index in [-0.39, 0.29) is 24.7 Å². The minimum absolute atomic E-state index is 0.0295. The van der Waals surface area contributed by atoms with Crippen LogP contribution in [0.15, 0.2) is 0 Å². The number of amides is 2. The molecule has 0 aliphatic heterocycles. The van der Waals surface area contributed by atoms with Gasteiger partial charge in [-0.25, -0.2) is 4.79 Å². The third-order valence-corrected chi connectivity index (χ3v) is 2.09. The van der Waals surface area contributed by atoms with Crippen LogP contribution in [0.1, 0.15) is 33.1 Å². The first-order valence-electron chi connectivity index (χ1n) is 5.52. The van der Waals surface area contributed by atoms with E-state index in [1.54, 1.807) is 0 Å². The van der Waals surface area contributed by atoms with Crippen molar-refractivity contribution in [1.82, 2.24) is 5.32 Å². The van der Waals surface area contributed by atoms with Crippen molar-refractivity contribution >= 4 is 17.8 Å². The largest absolute Gasteiger partial charge is 0.467 e. The fourth-order valence-corrected chi connectivity index (χ4v) is 1.30. The number of carbonyl (C=O) groups is 3. The van der Waals surface area contributed by atoms with Gasteiger partial charge in [-0.1, -0.05) is 13.8 Å². The van der Waals surface area contributed by atoms with E-state index in [4.69, 9.17) is 5.73 Å². The molecule has 17 heavy (non-hydrogen) atoms. The highest BCUT2D eigenvalue weighted by atomic mass is 16.5. The van der Waals surface area contributed by atoms with E-state index < -0.39 is 17.9 Å². The van der Waals surface area contributed by atoms with Crippen LogP contribution in [0.2, 0.25) is 0 Å². The molecule has 0 heterocycles. The van der Waals surface area contributed by atoms with Crippen molar-refractivity contribution in [3.05, 3.63) is 0 Å². The molecule has 0 saturated heterocycles. The molecule has 0 radical (unpaired) electrons. The molecule has 0 bridgehead atoms. The van der Waals surface area contributed by atoms with E-state index in [0.29, 0.717) is 6.42 Å². The van der Waals surface area contributed by atoms with Crippen LogP contribution in [0.3, 0.4) is 0 Å². The second-order valence-electron chi connectivity index (χ2n) is 4.25. The Hall–Kier alpha value is -1.59. The molecule has 2 amide bonds. The minimum atomic E-state index is -0.807. The van der Waals surface area contributed by atoms with E-state index in [9.17, 15) is 14.4 Å². The molecule has 0 aromatic heterocycles. The van der Waals surface area contributed by atoms with Crippen molar-refractivity contribution in [3.63, 3.8) is 0 Å². The number of nitrogens with two attached hydrogens (primary N) is 1. The summed E-state index contributed by atoms with van der Waals surface area (Å²) < 4.78 is 4.54. The lowest BCUT2D eigenvalue weighted by Gasteiger charge is -2.16. The molecular formula is C11H20N2O4. The van der Waals surface area contributed by atoms with Gasteiger partial charge in [0, 0.05) is 12.8 Å². The van der Waals surface area contributed by atoms with Crippen LogP contribution in [-0.4, -0.2) is 30.9 Å². The Balaban J connectivity index is 4.33. The molecule has 6 nitrogen and oxygen atoms in total. The number of ether oxygens (including phenoxy) is 1. The Morgan fingerprint density at radius 2 is 1.88 bits per heavy atom. The lowest BCUT2D eigenvalue weighted by Crippen LogP contribution is -2.42. The first-order valence-corrected chi connectivity index (χ1v) is 5.52. The van der Waals surface area contributed by atoms with Crippen LogP contribution in [0.4, 0.5) is 0 Å². The molecule has 1 atom stereocenters. The molecule has 0 aromatic rings. The molecule has 0 aliphatic carbocycles. The maximum atomic E-state index is 11.5. The molecule has 0 aromatic carbocycles. The third-order valence-electron chi connectivity index (χ3n) is 2.09. The Labute approximate surface area is 101 Å². The van der Waals surface area contributed by atoms with Crippen molar-refractivity contribution in [2.45, 2.75) is 39.2 Å². The van der Waals surface area contributed by atoms with Gasteiger partial charge in [-0.15, -0.1) is 0 Å². The maximum absolute atomic E-state index is 11.5. The fraction of sp³-hybridized carbons (Fsp3) is 0.727. The van der Waals surface area contributed by atoms with Crippen LogP contribution in [0.5, 0.6) is 0 Å². The van der Waals surface area contributed by atoms with E-state index >= 15 is 0 Å². The van der Waals surface area contributed by atoms with Crippen LogP contribution in [-0.2, 0) is 19.1 Å². The lowest BCUT2D eigenvalue weighted by molar-refractivity contribution is -0.145. The number of methoxy groups -OCH3 is 1. The number of esters is 1. The van der Waals surface area contributed by atoms with Gasteiger partial charge >= 0.3 is 5.97 Å². The molecule has 3 N–H and O–H groups in total. The van der Waals surface area contributed by atoms with Crippen molar-refractivity contribution < 1.29 is 19.1 Å². The van der Waals surface area contributed by atoms with Crippen LogP contribution in [0.25, 0.3) is 0 Å². The van der Waals surface area contributed by atoms with Gasteiger partial charge < -0.3 is 15.8 Å². The lowest BCUT2D eigenvalue weighted by atomic mass is 10.1. The predicted molar refractivity (Wildman–Crippen MR) is 61.8 cm³/mol. The second-order valence-corrected chi connectivity index (χ2v) is 4.25. The summed E-state index contributed by atoms with van der Waals surface area (Å²) in [7, 11) is 1.23. The van der Waals surface area contributed by atoms with E-state index in [0.717, 1.165) is 0 Å². The number of rotatable bonds is 7. The zero-order chi connectivity index (χ0) is 13.4. The van der Waals surface area contributed by atoms with Crippen molar-refractivity contribution in [3.8, 4) is 0 Å². The molecule has 6 heteroatoms. The van der Waals surface area contributed by atoms with Crippen molar-refractivity contribution in [2.24, 2.45) is 11.7 Å². The van der Waals surface area contributed by atoms with Gasteiger partial charge in [-0.3, -0.25) is 9.59 Å². The Bertz CT molecular complexity index is 289. The monoisotopic (exact) mass is 244 g/mol. The standard InChI is InChI=1S/C11H20N2O4/c1-7(2)6-10(15)13-8(11(16)17-3)4-5-9(12)14/h7-8H,4-6H2,1-3H3,(H2,12,14)(H,13,15). The molecule has 98 valence electrons. The summed E-state index contributed by atoms with van der Waals surface area (Å²) in [4.78, 5) is 33.5. The van der Waals surface area contributed by atoms with E-state index in [2.05, 4.69) is 10.1 Å². The van der Waals surface area contributed by atoms with Gasteiger partial charge in [0.05, 0.1) is 7.11 Å². The normalized spacial score (nSPS) is 12.0. The summed E-state index contributed by atoms with van der Waals surface area (Å²) in [5, 5.41) is 2.53. The zero-order valence-corrected chi connectivity index (χ0v) is 10.5.